The van der Waals surface area contributed by atoms with E-state index in [0.717, 1.165) is 30.4 Å². The number of amides is 1. The number of rotatable bonds is 5. The van der Waals surface area contributed by atoms with Crippen LogP contribution in [0.4, 0.5) is 0 Å². The molecule has 1 aromatic heterocycles. The maximum Gasteiger partial charge on any atom is 0.246 e. The van der Waals surface area contributed by atoms with Gasteiger partial charge in [-0.1, -0.05) is 71.2 Å². The van der Waals surface area contributed by atoms with E-state index in [1.807, 2.05) is 30.3 Å². The van der Waals surface area contributed by atoms with E-state index in [9.17, 15) is 4.79 Å². The second kappa shape index (κ2) is 6.99. The van der Waals surface area contributed by atoms with E-state index in [1.165, 1.54) is 11.1 Å². The van der Waals surface area contributed by atoms with Gasteiger partial charge >= 0.3 is 0 Å². The fraction of sp³-hybridized carbons (Fsp3) is 0.318. The lowest BCUT2D eigenvalue weighted by atomic mass is 9.63. The molecule has 1 aliphatic carbocycles. The molecule has 1 heterocycles. The number of hydrogen-bond acceptors (Lipinski definition) is 4. The van der Waals surface area contributed by atoms with E-state index in [1.54, 1.807) is 0 Å². The van der Waals surface area contributed by atoms with Crippen LogP contribution in [0, 0.1) is 13.8 Å². The highest BCUT2D eigenvalue weighted by Crippen LogP contribution is 2.44. The van der Waals surface area contributed by atoms with Crippen molar-refractivity contribution in [3.63, 3.8) is 0 Å². The van der Waals surface area contributed by atoms with Crippen LogP contribution >= 0.6 is 0 Å². The molecule has 4 rings (SSSR count). The summed E-state index contributed by atoms with van der Waals surface area (Å²) < 4.78 is 5.30. The second-order valence-corrected chi connectivity index (χ2v) is 7.37. The highest BCUT2D eigenvalue weighted by molar-refractivity contribution is 5.89. The lowest BCUT2D eigenvalue weighted by Crippen LogP contribution is -2.49. The maximum atomic E-state index is 13.0. The van der Waals surface area contributed by atoms with Crippen molar-refractivity contribution in [1.29, 1.82) is 0 Å². The number of aryl methyl sites for hydroxylation is 2. The molecule has 27 heavy (non-hydrogen) atoms. The van der Waals surface area contributed by atoms with Crippen molar-refractivity contribution >= 4 is 5.91 Å². The summed E-state index contributed by atoms with van der Waals surface area (Å²) in [5.41, 5.74) is 3.95. The van der Waals surface area contributed by atoms with Gasteiger partial charge in [0.2, 0.25) is 17.6 Å². The molecule has 3 aromatic rings. The van der Waals surface area contributed by atoms with E-state index < -0.39 is 5.41 Å². The molecular weight excluding hydrogens is 338 g/mol. The Kier molecular flexibility index (Phi) is 4.52. The molecule has 5 heteroatoms. The standard InChI is InChI=1S/C22H23N3O2/c1-15-11-16(2)13-18(12-15)22(9-6-10-22)21(26)23-14-19-24-20(25-27-19)17-7-4-3-5-8-17/h3-5,7-8,11-13H,6,9-10,14H2,1-2H3,(H,23,26). The van der Waals surface area contributed by atoms with Gasteiger partial charge in [-0.3, -0.25) is 4.79 Å². The first-order chi connectivity index (χ1) is 13.1. The van der Waals surface area contributed by atoms with Crippen LogP contribution in [0.2, 0.25) is 0 Å². The first-order valence-electron chi connectivity index (χ1n) is 9.32. The number of carbonyl (C=O) groups is 1. The summed E-state index contributed by atoms with van der Waals surface area (Å²) in [6, 6.07) is 16.0. The molecule has 0 aliphatic heterocycles. The van der Waals surface area contributed by atoms with Gasteiger partial charge in [-0.05, 0) is 32.3 Å². The van der Waals surface area contributed by atoms with Crippen molar-refractivity contribution in [1.82, 2.24) is 15.5 Å². The zero-order valence-electron chi connectivity index (χ0n) is 15.7. The molecule has 0 atom stereocenters. The van der Waals surface area contributed by atoms with E-state index in [2.05, 4.69) is 47.5 Å². The molecule has 0 spiro atoms. The van der Waals surface area contributed by atoms with Gasteiger partial charge in [-0.25, -0.2) is 0 Å². The molecule has 138 valence electrons. The van der Waals surface area contributed by atoms with Crippen LogP contribution in [0.15, 0.2) is 53.1 Å². The van der Waals surface area contributed by atoms with Crippen molar-refractivity contribution in [2.24, 2.45) is 0 Å². The molecule has 1 fully saturated rings. The van der Waals surface area contributed by atoms with Crippen LogP contribution in [0.25, 0.3) is 11.4 Å². The van der Waals surface area contributed by atoms with Gasteiger partial charge in [0.15, 0.2) is 0 Å². The number of hydrogen-bond donors (Lipinski definition) is 1. The van der Waals surface area contributed by atoms with E-state index in [-0.39, 0.29) is 12.5 Å². The van der Waals surface area contributed by atoms with Crippen LogP contribution in [0.3, 0.4) is 0 Å². The van der Waals surface area contributed by atoms with E-state index in [4.69, 9.17) is 4.52 Å². The van der Waals surface area contributed by atoms with Crippen molar-refractivity contribution < 1.29 is 9.32 Å². The maximum absolute atomic E-state index is 13.0. The Hall–Kier alpha value is -2.95. The quantitative estimate of drug-likeness (QED) is 0.743. The van der Waals surface area contributed by atoms with Crippen molar-refractivity contribution in [2.45, 2.75) is 45.1 Å². The predicted molar refractivity (Wildman–Crippen MR) is 103 cm³/mol. The third-order valence-corrected chi connectivity index (χ3v) is 5.32. The molecule has 0 radical (unpaired) electrons. The van der Waals surface area contributed by atoms with Crippen molar-refractivity contribution in [2.75, 3.05) is 0 Å². The largest absolute Gasteiger partial charge is 0.346 e. The number of carbonyl (C=O) groups excluding carboxylic acids is 1. The number of nitrogens with one attached hydrogen (secondary N) is 1. The Bertz CT molecular complexity index is 938. The van der Waals surface area contributed by atoms with Gasteiger partial charge in [0.1, 0.15) is 0 Å². The first-order valence-corrected chi connectivity index (χ1v) is 9.32. The Balaban J connectivity index is 1.48. The molecule has 1 amide bonds. The van der Waals surface area contributed by atoms with Crippen LogP contribution in [-0.4, -0.2) is 16.0 Å². The van der Waals surface area contributed by atoms with Gasteiger partial charge in [-0.2, -0.15) is 4.98 Å². The molecule has 0 unspecified atom stereocenters. The summed E-state index contributed by atoms with van der Waals surface area (Å²) in [6.45, 7) is 4.39. The smallest absolute Gasteiger partial charge is 0.246 e. The van der Waals surface area contributed by atoms with Crippen LogP contribution in [0.5, 0.6) is 0 Å². The lowest BCUT2D eigenvalue weighted by Gasteiger charge is -2.41. The molecule has 5 nitrogen and oxygen atoms in total. The molecular formula is C22H23N3O2. The number of nitrogens with zero attached hydrogens (tertiary/aromatic N) is 2. The zero-order valence-corrected chi connectivity index (χ0v) is 15.7. The summed E-state index contributed by atoms with van der Waals surface area (Å²) in [4.78, 5) is 17.4. The summed E-state index contributed by atoms with van der Waals surface area (Å²) in [7, 11) is 0. The predicted octanol–water partition coefficient (Wildman–Crippen LogP) is 4.09. The minimum absolute atomic E-state index is 0.0400. The second-order valence-electron chi connectivity index (χ2n) is 7.37. The fourth-order valence-electron chi connectivity index (χ4n) is 3.78. The molecule has 1 N–H and O–H groups in total. The van der Waals surface area contributed by atoms with Gasteiger partial charge in [0.05, 0.1) is 12.0 Å². The topological polar surface area (TPSA) is 68.0 Å². The molecule has 1 saturated carbocycles. The molecule has 0 bridgehead atoms. The van der Waals surface area contributed by atoms with Gasteiger partial charge < -0.3 is 9.84 Å². The van der Waals surface area contributed by atoms with Crippen molar-refractivity contribution in [3.05, 3.63) is 71.1 Å². The Labute approximate surface area is 158 Å². The Morgan fingerprint density at radius 2 is 1.81 bits per heavy atom. The third kappa shape index (κ3) is 3.37. The summed E-state index contributed by atoms with van der Waals surface area (Å²) in [5, 5.41) is 7.01. The van der Waals surface area contributed by atoms with Gasteiger partial charge in [0.25, 0.3) is 0 Å². The normalized spacial score (nSPS) is 15.2. The SMILES string of the molecule is Cc1cc(C)cc(C2(C(=O)NCc3nc(-c4ccccc4)no3)CCC2)c1. The number of benzene rings is 2. The minimum atomic E-state index is -0.431. The molecule has 0 saturated heterocycles. The summed E-state index contributed by atoms with van der Waals surface area (Å²) >= 11 is 0. The number of aromatic nitrogens is 2. The lowest BCUT2D eigenvalue weighted by molar-refractivity contribution is -0.130. The average Bonchev–Trinajstić information content (AvgIpc) is 3.08. The third-order valence-electron chi connectivity index (χ3n) is 5.32. The van der Waals surface area contributed by atoms with E-state index in [0.29, 0.717) is 11.7 Å². The van der Waals surface area contributed by atoms with Crippen molar-refractivity contribution in [3.8, 4) is 11.4 Å². The van der Waals surface area contributed by atoms with Crippen LogP contribution in [-0.2, 0) is 16.8 Å². The minimum Gasteiger partial charge on any atom is -0.346 e. The Morgan fingerprint density at radius 3 is 2.44 bits per heavy atom. The van der Waals surface area contributed by atoms with E-state index >= 15 is 0 Å². The monoisotopic (exact) mass is 361 g/mol. The zero-order chi connectivity index (χ0) is 18.9. The average molecular weight is 361 g/mol. The van der Waals surface area contributed by atoms with Crippen LogP contribution in [0.1, 0.15) is 41.8 Å². The summed E-state index contributed by atoms with van der Waals surface area (Å²) in [5.74, 6) is 0.989. The van der Waals surface area contributed by atoms with Crippen LogP contribution < -0.4 is 5.32 Å². The van der Waals surface area contributed by atoms with Gasteiger partial charge in [0, 0.05) is 5.56 Å². The fourth-order valence-corrected chi connectivity index (χ4v) is 3.78. The van der Waals surface area contributed by atoms with Gasteiger partial charge in [-0.15, -0.1) is 0 Å². The first kappa shape index (κ1) is 17.5. The molecule has 2 aromatic carbocycles. The molecule has 1 aliphatic rings. The highest BCUT2D eigenvalue weighted by atomic mass is 16.5. The highest BCUT2D eigenvalue weighted by Gasteiger charge is 2.45. The summed E-state index contributed by atoms with van der Waals surface area (Å²) in [6.07, 6.45) is 2.82. The Morgan fingerprint density at radius 1 is 1.11 bits per heavy atom.